The van der Waals surface area contributed by atoms with E-state index in [1.54, 1.807) is 6.07 Å². The lowest BCUT2D eigenvalue weighted by molar-refractivity contribution is 0.0923. The van der Waals surface area contributed by atoms with Gasteiger partial charge in [0.05, 0.1) is 6.26 Å². The smallest absolute Gasteiger partial charge is 0.287 e. The summed E-state index contributed by atoms with van der Waals surface area (Å²) < 4.78 is 11.0. The van der Waals surface area contributed by atoms with Gasteiger partial charge in [0.15, 0.2) is 5.76 Å². The number of carbonyl (C=O) groups is 1. The second-order valence-corrected chi connectivity index (χ2v) is 5.89. The van der Waals surface area contributed by atoms with Gasteiger partial charge in [0.2, 0.25) is 0 Å². The van der Waals surface area contributed by atoms with Crippen molar-refractivity contribution in [3.05, 3.63) is 84.3 Å². The number of anilines is 1. The normalized spacial score (nSPS) is 10.3. The van der Waals surface area contributed by atoms with Crippen molar-refractivity contribution in [2.24, 2.45) is 0 Å². The molecule has 1 aromatic heterocycles. The van der Waals surface area contributed by atoms with E-state index in [0.717, 1.165) is 17.0 Å². The highest BCUT2D eigenvalue weighted by Gasteiger charge is 2.15. The molecule has 0 aliphatic heterocycles. The van der Waals surface area contributed by atoms with Gasteiger partial charge in [-0.1, -0.05) is 36.4 Å². The van der Waals surface area contributed by atoms with E-state index in [4.69, 9.17) is 9.15 Å². The Morgan fingerprint density at radius 1 is 1.04 bits per heavy atom. The Morgan fingerprint density at radius 2 is 1.73 bits per heavy atom. The van der Waals surface area contributed by atoms with Gasteiger partial charge in [0.25, 0.3) is 5.91 Å². The van der Waals surface area contributed by atoms with E-state index in [9.17, 15) is 4.79 Å². The zero-order valence-corrected chi connectivity index (χ0v) is 14.7. The van der Waals surface area contributed by atoms with Crippen LogP contribution in [0.15, 0.2) is 77.4 Å². The van der Waals surface area contributed by atoms with Crippen LogP contribution in [0.5, 0.6) is 5.75 Å². The summed E-state index contributed by atoms with van der Waals surface area (Å²) in [5.74, 6) is 0.816. The molecule has 26 heavy (non-hydrogen) atoms. The Balaban J connectivity index is 1.50. The molecule has 134 valence electrons. The quantitative estimate of drug-likeness (QED) is 0.673. The molecule has 0 fully saturated rings. The van der Waals surface area contributed by atoms with E-state index < -0.39 is 0 Å². The standard InChI is InChI=1S/C21H22N2O3/c1-23(18-8-4-2-5-9-18)14-13-22-21(24)20-17(12-15-25-20)16-26-19-10-6-3-7-11-19/h2-12,15H,13-14,16H2,1H3,(H,22,24). The Hall–Kier alpha value is -3.21. The van der Waals surface area contributed by atoms with Gasteiger partial charge in [-0.2, -0.15) is 0 Å². The number of hydrogen-bond donors (Lipinski definition) is 1. The molecular weight excluding hydrogens is 328 g/mol. The van der Waals surface area contributed by atoms with Gasteiger partial charge in [-0.3, -0.25) is 4.79 Å². The lowest BCUT2D eigenvalue weighted by Crippen LogP contribution is -2.33. The van der Waals surface area contributed by atoms with Crippen molar-refractivity contribution in [1.82, 2.24) is 5.32 Å². The fourth-order valence-electron chi connectivity index (χ4n) is 2.56. The number of likely N-dealkylation sites (N-methyl/N-ethyl adjacent to an activating group) is 1. The van der Waals surface area contributed by atoms with Crippen LogP contribution in [0.3, 0.4) is 0 Å². The Morgan fingerprint density at radius 3 is 2.46 bits per heavy atom. The number of rotatable bonds is 8. The summed E-state index contributed by atoms with van der Waals surface area (Å²) in [6.07, 6.45) is 1.51. The molecule has 5 nitrogen and oxygen atoms in total. The second kappa shape index (κ2) is 8.76. The first-order valence-electron chi connectivity index (χ1n) is 8.52. The zero-order chi connectivity index (χ0) is 18.2. The molecule has 0 atom stereocenters. The number of benzene rings is 2. The zero-order valence-electron chi connectivity index (χ0n) is 14.7. The number of ether oxygens (including phenoxy) is 1. The third kappa shape index (κ3) is 4.66. The highest BCUT2D eigenvalue weighted by atomic mass is 16.5. The topological polar surface area (TPSA) is 54.7 Å². The number of nitrogens with zero attached hydrogens (tertiary/aromatic N) is 1. The van der Waals surface area contributed by atoms with E-state index in [1.165, 1.54) is 6.26 Å². The van der Waals surface area contributed by atoms with Crippen LogP contribution in [-0.2, 0) is 6.61 Å². The molecule has 0 unspecified atom stereocenters. The number of para-hydroxylation sites is 2. The fourth-order valence-corrected chi connectivity index (χ4v) is 2.56. The molecular formula is C21H22N2O3. The summed E-state index contributed by atoms with van der Waals surface area (Å²) in [6.45, 7) is 1.50. The van der Waals surface area contributed by atoms with Crippen LogP contribution in [0, 0.1) is 0 Å². The van der Waals surface area contributed by atoms with Crippen LogP contribution in [0.25, 0.3) is 0 Å². The maximum atomic E-state index is 12.4. The first-order valence-corrected chi connectivity index (χ1v) is 8.52. The van der Waals surface area contributed by atoms with Crippen molar-refractivity contribution in [1.29, 1.82) is 0 Å². The number of nitrogens with one attached hydrogen (secondary N) is 1. The average molecular weight is 350 g/mol. The minimum absolute atomic E-state index is 0.233. The van der Waals surface area contributed by atoms with E-state index in [0.29, 0.717) is 18.8 Å². The molecule has 0 bridgehead atoms. The summed E-state index contributed by atoms with van der Waals surface area (Å²) in [7, 11) is 1.99. The van der Waals surface area contributed by atoms with Crippen molar-refractivity contribution in [2.45, 2.75) is 6.61 Å². The maximum absolute atomic E-state index is 12.4. The Labute approximate surface area is 153 Å². The molecule has 1 amide bonds. The van der Waals surface area contributed by atoms with Crippen molar-refractivity contribution in [3.63, 3.8) is 0 Å². The average Bonchev–Trinajstić information content (AvgIpc) is 3.16. The number of hydrogen-bond acceptors (Lipinski definition) is 4. The van der Waals surface area contributed by atoms with Crippen LogP contribution in [0.2, 0.25) is 0 Å². The van der Waals surface area contributed by atoms with Gasteiger partial charge in [-0.15, -0.1) is 0 Å². The van der Waals surface area contributed by atoms with Crippen molar-refractivity contribution < 1.29 is 13.9 Å². The Bertz CT molecular complexity index is 816. The van der Waals surface area contributed by atoms with Crippen LogP contribution in [0.1, 0.15) is 16.1 Å². The summed E-state index contributed by atoms with van der Waals surface area (Å²) in [6, 6.07) is 21.3. The minimum atomic E-state index is -0.233. The highest BCUT2D eigenvalue weighted by Crippen LogP contribution is 2.16. The molecule has 2 aromatic carbocycles. The largest absolute Gasteiger partial charge is 0.489 e. The molecule has 0 aliphatic rings. The second-order valence-electron chi connectivity index (χ2n) is 5.89. The highest BCUT2D eigenvalue weighted by molar-refractivity contribution is 5.92. The van der Waals surface area contributed by atoms with Crippen molar-refractivity contribution >= 4 is 11.6 Å². The monoisotopic (exact) mass is 350 g/mol. The van der Waals surface area contributed by atoms with E-state index >= 15 is 0 Å². The van der Waals surface area contributed by atoms with Gasteiger partial charge in [-0.25, -0.2) is 0 Å². The van der Waals surface area contributed by atoms with Crippen molar-refractivity contribution in [3.8, 4) is 5.75 Å². The van der Waals surface area contributed by atoms with E-state index in [1.807, 2.05) is 67.7 Å². The van der Waals surface area contributed by atoms with Crippen LogP contribution >= 0.6 is 0 Å². The molecule has 1 heterocycles. The number of furan rings is 1. The number of carbonyl (C=O) groups excluding carboxylic acids is 1. The van der Waals surface area contributed by atoms with Gasteiger partial charge < -0.3 is 19.4 Å². The molecule has 3 aromatic rings. The third-order valence-corrected chi connectivity index (χ3v) is 4.02. The Kier molecular flexibility index (Phi) is 5.93. The third-order valence-electron chi connectivity index (χ3n) is 4.02. The molecule has 0 saturated heterocycles. The predicted molar refractivity (Wildman–Crippen MR) is 102 cm³/mol. The molecule has 3 rings (SSSR count). The summed E-state index contributed by atoms with van der Waals surface area (Å²) in [4.78, 5) is 14.5. The first-order chi connectivity index (χ1) is 12.7. The van der Waals surface area contributed by atoms with E-state index in [2.05, 4.69) is 10.2 Å². The maximum Gasteiger partial charge on any atom is 0.287 e. The molecule has 0 saturated carbocycles. The van der Waals surface area contributed by atoms with Crippen LogP contribution in [-0.4, -0.2) is 26.0 Å². The molecule has 0 aliphatic carbocycles. The summed E-state index contributed by atoms with van der Waals surface area (Å²) in [5, 5.41) is 2.89. The molecule has 1 N–H and O–H groups in total. The van der Waals surface area contributed by atoms with Crippen LogP contribution in [0.4, 0.5) is 5.69 Å². The first kappa shape index (κ1) is 17.6. The molecule has 0 spiro atoms. The minimum Gasteiger partial charge on any atom is -0.489 e. The fraction of sp³-hybridized carbons (Fsp3) is 0.190. The summed E-state index contributed by atoms with van der Waals surface area (Å²) >= 11 is 0. The van der Waals surface area contributed by atoms with Gasteiger partial charge >= 0.3 is 0 Å². The lowest BCUT2D eigenvalue weighted by Gasteiger charge is -2.19. The molecule has 5 heteroatoms. The molecule has 0 radical (unpaired) electrons. The SMILES string of the molecule is CN(CCNC(=O)c1occc1COc1ccccc1)c1ccccc1. The van der Waals surface area contributed by atoms with E-state index in [-0.39, 0.29) is 12.5 Å². The lowest BCUT2D eigenvalue weighted by atomic mass is 10.2. The predicted octanol–water partition coefficient (Wildman–Crippen LogP) is 3.72. The summed E-state index contributed by atoms with van der Waals surface area (Å²) in [5.41, 5.74) is 1.83. The van der Waals surface area contributed by atoms with Crippen molar-refractivity contribution in [2.75, 3.05) is 25.0 Å². The van der Waals surface area contributed by atoms with Gasteiger partial charge in [0.1, 0.15) is 12.4 Å². The number of amides is 1. The van der Waals surface area contributed by atoms with Gasteiger partial charge in [-0.05, 0) is 30.3 Å². The van der Waals surface area contributed by atoms with Crippen LogP contribution < -0.4 is 15.0 Å². The van der Waals surface area contributed by atoms with Gasteiger partial charge in [0, 0.05) is 31.4 Å².